The van der Waals surface area contributed by atoms with Crippen molar-refractivity contribution in [2.45, 2.75) is 17.9 Å². The van der Waals surface area contributed by atoms with Crippen molar-refractivity contribution < 1.29 is 8.42 Å². The average molecular weight is 404 g/mol. The van der Waals surface area contributed by atoms with Crippen LogP contribution in [0, 0.1) is 0 Å². The van der Waals surface area contributed by atoms with Crippen molar-refractivity contribution in [3.05, 3.63) is 58.1 Å². The van der Waals surface area contributed by atoms with E-state index in [4.69, 9.17) is 40.6 Å². The quantitative estimate of drug-likeness (QED) is 0.677. The molecule has 24 heavy (non-hydrogen) atoms. The van der Waals surface area contributed by atoms with E-state index in [0.717, 1.165) is 5.56 Å². The van der Waals surface area contributed by atoms with Crippen LogP contribution in [-0.4, -0.2) is 13.5 Å². The van der Waals surface area contributed by atoms with Gasteiger partial charge in [0.1, 0.15) is 0 Å². The van der Waals surface area contributed by atoms with Crippen molar-refractivity contribution in [3.8, 4) is 0 Å². The average Bonchev–Trinajstić information content (AvgIpc) is 2.45. The number of hydrogen-bond acceptors (Lipinski definition) is 3. The van der Waals surface area contributed by atoms with Crippen LogP contribution in [-0.2, 0) is 10.0 Å². The Morgan fingerprint density at radius 2 is 1.67 bits per heavy atom. The Morgan fingerprint density at radius 1 is 1.12 bits per heavy atom. The summed E-state index contributed by atoms with van der Waals surface area (Å²) in [5.41, 5.74) is 1.53. The van der Waals surface area contributed by atoms with Gasteiger partial charge in [0.05, 0.1) is 10.9 Å². The van der Waals surface area contributed by atoms with E-state index >= 15 is 0 Å². The normalized spacial score (nSPS) is 12.5. The molecule has 0 saturated heterocycles. The van der Waals surface area contributed by atoms with E-state index in [2.05, 4.69) is 10.6 Å². The third-order valence-electron chi connectivity index (χ3n) is 3.18. The van der Waals surface area contributed by atoms with Gasteiger partial charge in [0.25, 0.3) is 0 Å². The molecule has 5 nitrogen and oxygen atoms in total. The van der Waals surface area contributed by atoms with Crippen LogP contribution in [0.4, 0.5) is 5.69 Å². The van der Waals surface area contributed by atoms with Crippen LogP contribution in [0.15, 0.2) is 47.4 Å². The van der Waals surface area contributed by atoms with E-state index in [9.17, 15) is 8.42 Å². The first kappa shape index (κ1) is 19.0. The number of primary sulfonamides is 1. The Labute approximate surface area is 156 Å². The van der Waals surface area contributed by atoms with E-state index < -0.39 is 10.0 Å². The molecule has 4 N–H and O–H groups in total. The summed E-state index contributed by atoms with van der Waals surface area (Å²) in [4.78, 5) is 0.0627. The van der Waals surface area contributed by atoms with Gasteiger partial charge in [-0.3, -0.25) is 0 Å². The maximum atomic E-state index is 11.3. The molecule has 9 heteroatoms. The number of nitrogens with two attached hydrogens (primary N) is 1. The molecule has 0 fully saturated rings. The maximum absolute atomic E-state index is 11.3. The molecule has 0 radical (unpaired) electrons. The molecule has 0 aromatic heterocycles. The molecule has 2 rings (SSSR count). The molecule has 0 heterocycles. The largest absolute Gasteiger partial charge is 0.356 e. The molecule has 0 spiro atoms. The molecular weight excluding hydrogens is 389 g/mol. The first-order valence-corrected chi connectivity index (χ1v) is 9.52. The first-order chi connectivity index (χ1) is 11.1. The van der Waals surface area contributed by atoms with Gasteiger partial charge in [-0.05, 0) is 55.0 Å². The summed E-state index contributed by atoms with van der Waals surface area (Å²) in [6.07, 6.45) is 0. The number of rotatable bonds is 4. The van der Waals surface area contributed by atoms with Gasteiger partial charge < -0.3 is 10.6 Å². The Morgan fingerprint density at radius 3 is 2.17 bits per heavy atom. The third kappa shape index (κ3) is 5.32. The fourth-order valence-corrected chi connectivity index (χ4v) is 3.36. The lowest BCUT2D eigenvalue weighted by Gasteiger charge is -2.18. The molecule has 0 amide bonds. The molecule has 1 atom stereocenters. The second kappa shape index (κ2) is 7.67. The second-order valence-corrected chi connectivity index (χ2v) is 7.93. The SMILES string of the molecule is C[C@H](NC(=S)Nc1cc(Cl)cc(Cl)c1)c1ccc(S(N)(=O)=O)cc1. The van der Waals surface area contributed by atoms with Gasteiger partial charge in [-0.25, -0.2) is 13.6 Å². The van der Waals surface area contributed by atoms with E-state index in [1.165, 1.54) is 12.1 Å². The number of benzene rings is 2. The molecular formula is C15H15Cl2N3O2S2. The number of halogens is 2. The zero-order valence-electron chi connectivity index (χ0n) is 12.6. The van der Waals surface area contributed by atoms with Crippen LogP contribution in [0.3, 0.4) is 0 Å². The number of sulfonamides is 1. The van der Waals surface area contributed by atoms with Gasteiger partial charge >= 0.3 is 0 Å². The van der Waals surface area contributed by atoms with Gasteiger partial charge in [0.15, 0.2) is 5.11 Å². The van der Waals surface area contributed by atoms with Crippen molar-refractivity contribution in [2.24, 2.45) is 5.14 Å². The zero-order valence-corrected chi connectivity index (χ0v) is 15.7. The molecule has 128 valence electrons. The fourth-order valence-electron chi connectivity index (χ4n) is 2.02. The molecule has 0 bridgehead atoms. The highest BCUT2D eigenvalue weighted by atomic mass is 35.5. The lowest BCUT2D eigenvalue weighted by Crippen LogP contribution is -2.30. The molecule has 2 aromatic rings. The molecule has 2 aromatic carbocycles. The van der Waals surface area contributed by atoms with Crippen LogP contribution in [0.1, 0.15) is 18.5 Å². The summed E-state index contributed by atoms with van der Waals surface area (Å²) in [5.74, 6) is 0. The predicted molar refractivity (Wildman–Crippen MR) is 102 cm³/mol. The van der Waals surface area contributed by atoms with Crippen molar-refractivity contribution in [2.75, 3.05) is 5.32 Å². The van der Waals surface area contributed by atoms with Crippen molar-refractivity contribution in [1.82, 2.24) is 5.32 Å². The van der Waals surface area contributed by atoms with Crippen LogP contribution in [0.2, 0.25) is 10.0 Å². The predicted octanol–water partition coefficient (Wildman–Crippen LogP) is 3.69. The maximum Gasteiger partial charge on any atom is 0.238 e. The van der Waals surface area contributed by atoms with E-state index in [1.54, 1.807) is 30.3 Å². The molecule has 0 aliphatic rings. The summed E-state index contributed by atoms with van der Waals surface area (Å²) in [5, 5.41) is 12.6. The third-order valence-corrected chi connectivity index (χ3v) is 4.76. The van der Waals surface area contributed by atoms with Gasteiger partial charge in [0, 0.05) is 15.7 Å². The van der Waals surface area contributed by atoms with E-state index in [0.29, 0.717) is 20.8 Å². The van der Waals surface area contributed by atoms with Gasteiger partial charge in [-0.2, -0.15) is 0 Å². The Bertz CT molecular complexity index is 835. The second-order valence-electron chi connectivity index (χ2n) is 5.09. The fraction of sp³-hybridized carbons (Fsp3) is 0.133. The summed E-state index contributed by atoms with van der Waals surface area (Å²) in [7, 11) is -3.70. The van der Waals surface area contributed by atoms with Crippen molar-refractivity contribution >= 4 is 56.2 Å². The summed E-state index contributed by atoms with van der Waals surface area (Å²) < 4.78 is 22.5. The Hall–Kier alpha value is -1.38. The van der Waals surface area contributed by atoms with Crippen LogP contribution in [0.5, 0.6) is 0 Å². The van der Waals surface area contributed by atoms with Crippen molar-refractivity contribution in [1.29, 1.82) is 0 Å². The minimum Gasteiger partial charge on any atom is -0.356 e. The Kier molecular flexibility index (Phi) is 6.06. The first-order valence-electron chi connectivity index (χ1n) is 6.81. The number of anilines is 1. The van der Waals surface area contributed by atoms with Crippen LogP contribution >= 0.6 is 35.4 Å². The van der Waals surface area contributed by atoms with Crippen molar-refractivity contribution in [3.63, 3.8) is 0 Å². The Balaban J connectivity index is 2.03. The van der Waals surface area contributed by atoms with Gasteiger partial charge in [0.2, 0.25) is 10.0 Å². The van der Waals surface area contributed by atoms with Gasteiger partial charge in [-0.1, -0.05) is 35.3 Å². The summed E-state index contributed by atoms with van der Waals surface area (Å²) in [6, 6.07) is 11.1. The number of hydrogen-bond donors (Lipinski definition) is 3. The van der Waals surface area contributed by atoms with Gasteiger partial charge in [-0.15, -0.1) is 0 Å². The zero-order chi connectivity index (χ0) is 17.9. The lowest BCUT2D eigenvalue weighted by molar-refractivity contribution is 0.597. The molecule has 0 aliphatic heterocycles. The topological polar surface area (TPSA) is 84.2 Å². The van der Waals surface area contributed by atoms with Crippen LogP contribution < -0.4 is 15.8 Å². The molecule has 0 saturated carbocycles. The lowest BCUT2D eigenvalue weighted by atomic mass is 10.1. The molecule has 0 unspecified atom stereocenters. The van der Waals surface area contributed by atoms with E-state index in [-0.39, 0.29) is 10.9 Å². The highest BCUT2D eigenvalue weighted by Gasteiger charge is 2.11. The minimum absolute atomic E-state index is 0.0627. The monoisotopic (exact) mass is 403 g/mol. The standard InChI is InChI=1S/C15H15Cl2N3O2S2/c1-9(10-2-4-14(5-3-10)24(18,21)22)19-15(23)20-13-7-11(16)6-12(17)8-13/h2-9H,1H3,(H2,18,21,22)(H2,19,20,23)/t9-/m0/s1. The smallest absolute Gasteiger partial charge is 0.238 e. The van der Waals surface area contributed by atoms with E-state index in [1.807, 2.05) is 6.92 Å². The summed E-state index contributed by atoms with van der Waals surface area (Å²) in [6.45, 7) is 1.89. The highest BCUT2D eigenvalue weighted by Crippen LogP contribution is 2.22. The minimum atomic E-state index is -3.70. The summed E-state index contributed by atoms with van der Waals surface area (Å²) >= 11 is 17.1. The highest BCUT2D eigenvalue weighted by molar-refractivity contribution is 7.89. The van der Waals surface area contributed by atoms with Crippen LogP contribution in [0.25, 0.3) is 0 Å². The number of nitrogens with one attached hydrogen (secondary N) is 2. The number of thiocarbonyl (C=S) groups is 1. The molecule has 0 aliphatic carbocycles.